The second-order valence-electron chi connectivity index (χ2n) is 4.30. The first kappa shape index (κ1) is 15.9. The fraction of sp³-hybridized carbons (Fsp3) is 0. The summed E-state index contributed by atoms with van der Waals surface area (Å²) in [4.78, 5) is 54.2. The molecule has 1 N–H and O–H groups in total. The highest BCUT2D eigenvalue weighted by molar-refractivity contribution is 6.03. The third-order valence-corrected chi connectivity index (χ3v) is 2.88. The van der Waals surface area contributed by atoms with E-state index in [1.54, 1.807) is 6.07 Å². The highest BCUT2D eigenvalue weighted by Crippen LogP contribution is 2.12. The summed E-state index contributed by atoms with van der Waals surface area (Å²) in [6, 6.07) is 11.1. The number of carbonyl (C=O) groups excluding carboxylic acids is 3. The largest absolute Gasteiger partial charge is 0.478 e. The third kappa shape index (κ3) is 3.59. The Morgan fingerprint density at radius 1 is 0.783 bits per heavy atom. The molecule has 7 nitrogen and oxygen atoms in total. The Labute approximate surface area is 130 Å². The van der Waals surface area contributed by atoms with E-state index in [9.17, 15) is 19.2 Å². The normalized spacial score (nSPS) is 9.74. The average Bonchev–Trinajstić information content (AvgIpc) is 2.59. The number of hydrogen-bond donors (Lipinski definition) is 1. The molecule has 0 aliphatic carbocycles. The van der Waals surface area contributed by atoms with Gasteiger partial charge in [0.05, 0.1) is 16.7 Å². The molecule has 0 aliphatic rings. The van der Waals surface area contributed by atoms with E-state index in [0.717, 1.165) is 0 Å². The first-order valence-electron chi connectivity index (χ1n) is 6.34. The van der Waals surface area contributed by atoms with E-state index in [4.69, 9.17) is 5.11 Å². The van der Waals surface area contributed by atoms with Crippen LogP contribution in [0.2, 0.25) is 0 Å². The first-order valence-corrected chi connectivity index (χ1v) is 6.34. The molecular weight excluding hydrogens is 304 g/mol. The zero-order chi connectivity index (χ0) is 16.8. The van der Waals surface area contributed by atoms with Crippen LogP contribution in [0.15, 0.2) is 48.5 Å². The predicted molar refractivity (Wildman–Crippen MR) is 76.1 cm³/mol. The van der Waals surface area contributed by atoms with Gasteiger partial charge in [-0.3, -0.25) is 4.79 Å². The second-order valence-corrected chi connectivity index (χ2v) is 4.30. The van der Waals surface area contributed by atoms with E-state index in [0.29, 0.717) is 6.29 Å². The van der Waals surface area contributed by atoms with Gasteiger partial charge in [0.2, 0.25) is 0 Å². The summed E-state index contributed by atoms with van der Waals surface area (Å²) in [5, 5.41) is 8.98. The minimum atomic E-state index is -1.32. The van der Waals surface area contributed by atoms with Gasteiger partial charge >= 0.3 is 17.9 Å². The van der Waals surface area contributed by atoms with Gasteiger partial charge in [-0.2, -0.15) is 0 Å². The number of aromatic carboxylic acids is 1. The number of rotatable bonds is 4. The van der Waals surface area contributed by atoms with Crippen LogP contribution in [0.3, 0.4) is 0 Å². The number of hydrogen-bond acceptors (Lipinski definition) is 6. The van der Waals surface area contributed by atoms with Gasteiger partial charge in [-0.15, -0.1) is 0 Å². The summed E-state index contributed by atoms with van der Waals surface area (Å²) in [5.74, 6) is -3.51. The van der Waals surface area contributed by atoms with Crippen LogP contribution < -0.4 is 0 Å². The lowest BCUT2D eigenvalue weighted by atomic mass is 10.1. The Balaban J connectivity index is 2.12. The van der Waals surface area contributed by atoms with Crippen molar-refractivity contribution in [3.63, 3.8) is 0 Å². The lowest BCUT2D eigenvalue weighted by Gasteiger charge is -2.06. The van der Waals surface area contributed by atoms with Crippen molar-refractivity contribution in [2.45, 2.75) is 0 Å². The summed E-state index contributed by atoms with van der Waals surface area (Å²) in [6.45, 7) is 0. The molecule has 2 aromatic carbocycles. The highest BCUT2D eigenvalue weighted by atomic mass is 17.2. The molecule has 2 aromatic rings. The monoisotopic (exact) mass is 314 g/mol. The molecule has 23 heavy (non-hydrogen) atoms. The molecule has 0 aromatic heterocycles. The molecule has 0 fully saturated rings. The average molecular weight is 314 g/mol. The molecule has 0 radical (unpaired) electrons. The maximum atomic E-state index is 11.8. The summed E-state index contributed by atoms with van der Waals surface area (Å²) in [6.07, 6.45) is 0.456. The number of carbonyl (C=O) groups is 4. The Kier molecular flexibility index (Phi) is 4.83. The minimum absolute atomic E-state index is 0.0690. The number of carboxylic acids is 1. The van der Waals surface area contributed by atoms with E-state index in [-0.39, 0.29) is 22.3 Å². The Hall–Kier alpha value is -3.48. The van der Waals surface area contributed by atoms with Crippen LogP contribution >= 0.6 is 0 Å². The first-order chi connectivity index (χ1) is 11.0. The zero-order valence-electron chi connectivity index (χ0n) is 11.6. The second kappa shape index (κ2) is 6.99. The Bertz CT molecular complexity index is 780. The molecule has 0 aliphatic heterocycles. The summed E-state index contributed by atoms with van der Waals surface area (Å²) in [7, 11) is 0. The van der Waals surface area contributed by atoms with Gasteiger partial charge in [0, 0.05) is 5.56 Å². The molecule has 7 heteroatoms. The summed E-state index contributed by atoms with van der Waals surface area (Å²) < 4.78 is 0. The Morgan fingerprint density at radius 3 is 1.83 bits per heavy atom. The third-order valence-electron chi connectivity index (χ3n) is 2.88. The van der Waals surface area contributed by atoms with Crippen molar-refractivity contribution < 1.29 is 34.1 Å². The van der Waals surface area contributed by atoms with Crippen LogP contribution in [0.5, 0.6) is 0 Å². The fourth-order valence-electron chi connectivity index (χ4n) is 1.80. The topological polar surface area (TPSA) is 107 Å². The standard InChI is InChI=1S/C16H10O7/c17-9-10-5-1-2-6-11(10)15(20)22-23-16(21)13-8-4-3-7-12(13)14(18)19/h1-9H,(H,18,19). The predicted octanol–water partition coefficient (Wildman–Crippen LogP) is 2.13. The van der Waals surface area contributed by atoms with Gasteiger partial charge in [0.25, 0.3) is 0 Å². The molecular formula is C16H10O7. The molecule has 0 amide bonds. The van der Waals surface area contributed by atoms with Gasteiger partial charge in [-0.05, 0) is 18.2 Å². The number of aldehydes is 1. The van der Waals surface area contributed by atoms with Crippen LogP contribution in [0, 0.1) is 0 Å². The highest BCUT2D eigenvalue weighted by Gasteiger charge is 2.21. The molecule has 0 atom stereocenters. The molecule has 0 saturated heterocycles. The smallest absolute Gasteiger partial charge is 0.387 e. The Morgan fingerprint density at radius 2 is 1.26 bits per heavy atom. The summed E-state index contributed by atoms with van der Waals surface area (Å²) >= 11 is 0. The molecule has 0 unspecified atom stereocenters. The molecule has 0 bridgehead atoms. The van der Waals surface area contributed by atoms with Crippen molar-refractivity contribution in [1.29, 1.82) is 0 Å². The van der Waals surface area contributed by atoms with Crippen LogP contribution in [0.1, 0.15) is 41.4 Å². The van der Waals surface area contributed by atoms with E-state index in [2.05, 4.69) is 9.78 Å². The summed E-state index contributed by atoms with van der Waals surface area (Å²) in [5.41, 5.74) is -0.570. The van der Waals surface area contributed by atoms with Crippen molar-refractivity contribution in [2.75, 3.05) is 0 Å². The van der Waals surface area contributed by atoms with Gasteiger partial charge in [0.1, 0.15) is 0 Å². The van der Waals surface area contributed by atoms with Crippen molar-refractivity contribution in [2.24, 2.45) is 0 Å². The molecule has 0 saturated carbocycles. The minimum Gasteiger partial charge on any atom is -0.478 e. The van der Waals surface area contributed by atoms with Crippen LogP contribution in [-0.4, -0.2) is 29.3 Å². The fourth-order valence-corrected chi connectivity index (χ4v) is 1.80. The van der Waals surface area contributed by atoms with E-state index < -0.39 is 17.9 Å². The van der Waals surface area contributed by atoms with Crippen LogP contribution in [-0.2, 0) is 9.78 Å². The zero-order valence-corrected chi connectivity index (χ0v) is 11.6. The molecule has 0 heterocycles. The van der Waals surface area contributed by atoms with Crippen molar-refractivity contribution in [3.05, 3.63) is 70.8 Å². The van der Waals surface area contributed by atoms with Crippen molar-refractivity contribution in [3.8, 4) is 0 Å². The SMILES string of the molecule is O=Cc1ccccc1C(=O)OOC(=O)c1ccccc1C(=O)O. The molecule has 0 spiro atoms. The molecule has 116 valence electrons. The van der Waals surface area contributed by atoms with Crippen LogP contribution in [0.25, 0.3) is 0 Å². The number of benzene rings is 2. The lowest BCUT2D eigenvalue weighted by molar-refractivity contribution is -0.187. The van der Waals surface area contributed by atoms with E-state index >= 15 is 0 Å². The van der Waals surface area contributed by atoms with Gasteiger partial charge < -0.3 is 5.11 Å². The van der Waals surface area contributed by atoms with Crippen molar-refractivity contribution in [1.82, 2.24) is 0 Å². The van der Waals surface area contributed by atoms with Gasteiger partial charge in [0.15, 0.2) is 6.29 Å². The van der Waals surface area contributed by atoms with Gasteiger partial charge in [-0.1, -0.05) is 30.3 Å². The molecule has 2 rings (SSSR count). The van der Waals surface area contributed by atoms with E-state index in [1.165, 1.54) is 42.5 Å². The van der Waals surface area contributed by atoms with Crippen LogP contribution in [0.4, 0.5) is 0 Å². The lowest BCUT2D eigenvalue weighted by Crippen LogP contribution is -2.15. The number of carboxylic acid groups (broad SMARTS) is 1. The van der Waals surface area contributed by atoms with Gasteiger partial charge in [-0.25, -0.2) is 24.2 Å². The van der Waals surface area contributed by atoms with Crippen molar-refractivity contribution >= 4 is 24.2 Å². The van der Waals surface area contributed by atoms with E-state index in [1.807, 2.05) is 0 Å². The quantitative estimate of drug-likeness (QED) is 0.523. The maximum absolute atomic E-state index is 11.8. The maximum Gasteiger partial charge on any atom is 0.387 e.